The minimum atomic E-state index is -1.78. The molecule has 0 saturated heterocycles. The molecule has 6 N–H and O–H groups in total. The lowest BCUT2D eigenvalue weighted by Gasteiger charge is -2.26. The van der Waals surface area contributed by atoms with Crippen LogP contribution in [-0.4, -0.2) is 45.9 Å². The SMILES string of the molecule is CC(C)(C)OC(=O)C(OC(=O)N[C@@H](CCC(N)=O)C(=O)O)c1ccccc1[NH+]([O-])O. The molecule has 3 atom stereocenters. The Hall–Kier alpha value is -3.22. The van der Waals surface area contributed by atoms with Gasteiger partial charge in [-0.1, -0.05) is 12.1 Å². The van der Waals surface area contributed by atoms with E-state index in [1.54, 1.807) is 20.8 Å². The Balaban J connectivity index is 3.14. The lowest BCUT2D eigenvalue weighted by atomic mass is 10.1. The molecule has 12 nitrogen and oxygen atoms in total. The number of para-hydroxylation sites is 1. The summed E-state index contributed by atoms with van der Waals surface area (Å²) in [4.78, 5) is 47.0. The molecule has 0 aliphatic carbocycles. The number of hydrogen-bond acceptors (Lipinski definition) is 8. The van der Waals surface area contributed by atoms with Gasteiger partial charge in [-0.3, -0.25) is 4.79 Å². The molecule has 0 aromatic heterocycles. The van der Waals surface area contributed by atoms with Crippen LogP contribution >= 0.6 is 0 Å². The Morgan fingerprint density at radius 2 is 1.83 bits per heavy atom. The molecule has 2 unspecified atom stereocenters. The van der Waals surface area contributed by atoms with Crippen molar-refractivity contribution in [3.63, 3.8) is 0 Å². The summed E-state index contributed by atoms with van der Waals surface area (Å²) in [6, 6.07) is 3.83. The summed E-state index contributed by atoms with van der Waals surface area (Å²) in [7, 11) is 0. The van der Waals surface area contributed by atoms with Gasteiger partial charge in [0.15, 0.2) is 5.69 Å². The van der Waals surface area contributed by atoms with Crippen LogP contribution in [0.3, 0.4) is 0 Å². The number of benzene rings is 1. The predicted octanol–water partition coefficient (Wildman–Crippen LogP) is -0.0823. The van der Waals surface area contributed by atoms with Gasteiger partial charge in [0.05, 0.1) is 5.56 Å². The number of esters is 1. The Bertz CT molecular complexity index is 789. The van der Waals surface area contributed by atoms with Crippen LogP contribution in [-0.2, 0) is 23.9 Å². The number of ether oxygens (including phenoxy) is 2. The van der Waals surface area contributed by atoms with Crippen molar-refractivity contribution in [2.45, 2.75) is 51.4 Å². The monoisotopic (exact) mass is 427 g/mol. The number of hydrogen-bond donors (Lipinski definition) is 5. The van der Waals surface area contributed by atoms with E-state index in [1.165, 1.54) is 24.3 Å². The van der Waals surface area contributed by atoms with E-state index in [-0.39, 0.29) is 24.1 Å². The Morgan fingerprint density at radius 1 is 1.23 bits per heavy atom. The van der Waals surface area contributed by atoms with Crippen LogP contribution in [0.25, 0.3) is 0 Å². The van der Waals surface area contributed by atoms with Gasteiger partial charge in [-0.05, 0) is 33.3 Å². The van der Waals surface area contributed by atoms with Crippen molar-refractivity contribution in [1.29, 1.82) is 0 Å². The highest BCUT2D eigenvalue weighted by Gasteiger charge is 2.34. The van der Waals surface area contributed by atoms with Gasteiger partial charge in [-0.2, -0.15) is 5.23 Å². The van der Waals surface area contributed by atoms with E-state index in [9.17, 15) is 34.7 Å². The van der Waals surface area contributed by atoms with Crippen LogP contribution in [0.5, 0.6) is 0 Å². The normalized spacial score (nSPS) is 14.2. The van der Waals surface area contributed by atoms with E-state index < -0.39 is 46.9 Å². The number of primary amides is 1. The lowest BCUT2D eigenvalue weighted by Crippen LogP contribution is -2.99. The average Bonchev–Trinajstić information content (AvgIpc) is 2.61. The molecule has 1 aromatic rings. The van der Waals surface area contributed by atoms with E-state index in [0.29, 0.717) is 0 Å². The summed E-state index contributed by atoms with van der Waals surface area (Å²) in [6.07, 6.45) is -3.71. The van der Waals surface area contributed by atoms with E-state index >= 15 is 0 Å². The summed E-state index contributed by atoms with van der Waals surface area (Å²) in [5, 5.41) is 30.7. The molecule has 0 aliphatic rings. The third-order valence-corrected chi connectivity index (χ3v) is 3.59. The first-order chi connectivity index (χ1) is 13.8. The van der Waals surface area contributed by atoms with Crippen LogP contribution in [0.4, 0.5) is 10.5 Å². The molecule has 0 heterocycles. The maximum absolute atomic E-state index is 12.6. The summed E-state index contributed by atoms with van der Waals surface area (Å²) < 4.78 is 10.3. The van der Waals surface area contributed by atoms with Crippen molar-refractivity contribution in [3.8, 4) is 0 Å². The number of quaternary nitrogens is 1. The number of carbonyl (C=O) groups excluding carboxylic acids is 3. The van der Waals surface area contributed by atoms with Crippen molar-refractivity contribution in [3.05, 3.63) is 35.0 Å². The summed E-state index contributed by atoms with van der Waals surface area (Å²) in [5.41, 5.74) is 3.55. The zero-order valence-corrected chi connectivity index (χ0v) is 16.7. The second-order valence-corrected chi connectivity index (χ2v) is 7.25. The van der Waals surface area contributed by atoms with Crippen LogP contribution in [0, 0.1) is 5.21 Å². The number of rotatable bonds is 9. The van der Waals surface area contributed by atoms with Crippen molar-refractivity contribution < 1.29 is 44.2 Å². The highest BCUT2D eigenvalue weighted by atomic mass is 16.8. The van der Waals surface area contributed by atoms with Gasteiger partial charge in [-0.15, -0.1) is 0 Å². The number of alkyl carbamates (subject to hydrolysis) is 1. The van der Waals surface area contributed by atoms with Gasteiger partial charge < -0.3 is 30.8 Å². The molecule has 0 aliphatic heterocycles. The zero-order chi connectivity index (χ0) is 23.1. The molecule has 0 spiro atoms. The van der Waals surface area contributed by atoms with E-state index in [2.05, 4.69) is 0 Å². The molecular formula is C18H25N3O9. The molecule has 30 heavy (non-hydrogen) atoms. The van der Waals surface area contributed by atoms with Crippen LogP contribution in [0.1, 0.15) is 45.3 Å². The summed E-state index contributed by atoms with van der Waals surface area (Å²) >= 11 is 0. The molecule has 0 radical (unpaired) electrons. The number of nitrogens with two attached hydrogens (primary N) is 1. The van der Waals surface area contributed by atoms with Crippen molar-refractivity contribution >= 4 is 29.6 Å². The Kier molecular flexibility index (Phi) is 8.71. The van der Waals surface area contributed by atoms with Gasteiger partial charge in [0, 0.05) is 12.5 Å². The van der Waals surface area contributed by atoms with E-state index in [0.717, 1.165) is 0 Å². The third-order valence-electron chi connectivity index (χ3n) is 3.59. The van der Waals surface area contributed by atoms with Crippen molar-refractivity contribution in [2.24, 2.45) is 5.73 Å². The smallest absolute Gasteiger partial charge is 0.409 e. The number of amides is 2. The number of nitrogens with one attached hydrogen (secondary N) is 2. The first-order valence-electron chi connectivity index (χ1n) is 8.85. The van der Waals surface area contributed by atoms with Gasteiger partial charge in [0.25, 0.3) is 0 Å². The molecule has 166 valence electrons. The minimum absolute atomic E-state index is 0.154. The molecule has 1 aromatic carbocycles. The van der Waals surface area contributed by atoms with Crippen LogP contribution < -0.4 is 16.3 Å². The van der Waals surface area contributed by atoms with Crippen molar-refractivity contribution in [1.82, 2.24) is 5.32 Å². The average molecular weight is 427 g/mol. The Labute approximate surface area is 172 Å². The molecule has 1 rings (SSSR count). The van der Waals surface area contributed by atoms with Gasteiger partial charge in [0.2, 0.25) is 12.0 Å². The van der Waals surface area contributed by atoms with Crippen LogP contribution in [0.15, 0.2) is 24.3 Å². The number of carbonyl (C=O) groups is 4. The second kappa shape index (κ2) is 10.5. The largest absolute Gasteiger partial charge is 0.595 e. The minimum Gasteiger partial charge on any atom is -0.595 e. The van der Waals surface area contributed by atoms with Crippen LogP contribution in [0.2, 0.25) is 0 Å². The quantitative estimate of drug-likeness (QED) is 0.265. The first-order valence-corrected chi connectivity index (χ1v) is 8.85. The lowest BCUT2D eigenvalue weighted by molar-refractivity contribution is -0.991. The number of carboxylic acids is 1. The molecule has 0 bridgehead atoms. The number of aliphatic carboxylic acids is 1. The highest BCUT2D eigenvalue weighted by molar-refractivity contribution is 5.84. The zero-order valence-electron chi connectivity index (χ0n) is 16.7. The number of carboxylic acid groups (broad SMARTS) is 1. The molecule has 2 amide bonds. The summed E-state index contributed by atoms with van der Waals surface area (Å²) in [6.45, 7) is 4.69. The van der Waals surface area contributed by atoms with Gasteiger partial charge in [0.1, 0.15) is 11.6 Å². The molecule has 0 fully saturated rings. The Morgan fingerprint density at radius 3 is 2.33 bits per heavy atom. The highest BCUT2D eigenvalue weighted by Crippen LogP contribution is 2.27. The summed E-state index contributed by atoms with van der Waals surface area (Å²) in [5.74, 6) is -3.26. The molecule has 0 saturated carbocycles. The maximum Gasteiger partial charge on any atom is 0.409 e. The predicted molar refractivity (Wildman–Crippen MR) is 100 cm³/mol. The van der Waals surface area contributed by atoms with E-state index in [4.69, 9.17) is 15.2 Å². The topological polar surface area (TPSA) is 193 Å². The maximum atomic E-state index is 12.6. The van der Waals surface area contributed by atoms with Gasteiger partial charge >= 0.3 is 18.0 Å². The molecular weight excluding hydrogens is 402 g/mol. The fourth-order valence-electron chi connectivity index (χ4n) is 2.34. The van der Waals surface area contributed by atoms with Gasteiger partial charge in [-0.25, -0.2) is 19.6 Å². The molecule has 12 heteroatoms. The van der Waals surface area contributed by atoms with Crippen molar-refractivity contribution in [2.75, 3.05) is 0 Å². The fraction of sp³-hybridized carbons (Fsp3) is 0.444. The second-order valence-electron chi connectivity index (χ2n) is 7.25. The third kappa shape index (κ3) is 8.03. The standard InChI is InChI=1S/C18H25N3O9/c1-18(2,3)30-16(25)14(10-6-4-5-7-12(10)21(27)28)29-17(26)20-11(15(23)24)8-9-13(19)22/h4-7,11,14,21,27H,8-9H2,1-3H3,(H2,19,22)(H,20,26)(H,23,24)/t11-,14?/m0/s1. The van der Waals surface area contributed by atoms with E-state index in [1.807, 2.05) is 5.32 Å². The fourth-order valence-corrected chi connectivity index (χ4v) is 2.34. The first kappa shape index (κ1) is 24.8.